The number of fused-ring (bicyclic) bond motifs is 2. The summed E-state index contributed by atoms with van der Waals surface area (Å²) >= 11 is 0. The maximum Gasteiger partial charge on any atom is 0.397 e. The Morgan fingerprint density at radius 1 is 1.16 bits per heavy atom. The molecule has 2 aliphatic heterocycles. The van der Waals surface area contributed by atoms with Gasteiger partial charge in [0.05, 0.1) is 0 Å². The van der Waals surface area contributed by atoms with E-state index in [1.807, 2.05) is 0 Å². The number of piperidine rings is 1. The van der Waals surface area contributed by atoms with Crippen molar-refractivity contribution in [1.82, 2.24) is 4.90 Å². The highest BCUT2D eigenvalue weighted by Gasteiger charge is 2.45. The fourth-order valence-electron chi connectivity index (χ4n) is 3.37. The fourth-order valence-corrected chi connectivity index (χ4v) is 3.37. The Kier molecular flexibility index (Phi) is 3.73. The predicted octanol–water partition coefficient (Wildman–Crippen LogP) is 2.18. The van der Waals surface area contributed by atoms with Gasteiger partial charge >= 0.3 is 12.1 Å². The van der Waals surface area contributed by atoms with Crippen molar-refractivity contribution in [2.24, 2.45) is 5.92 Å². The predicted molar refractivity (Wildman–Crippen MR) is 59.3 cm³/mol. The van der Waals surface area contributed by atoms with Crippen LogP contribution in [0.2, 0.25) is 0 Å². The van der Waals surface area contributed by atoms with Crippen LogP contribution in [0.15, 0.2) is 0 Å². The lowest BCUT2D eigenvalue weighted by atomic mass is 9.88. The van der Waals surface area contributed by atoms with E-state index in [2.05, 4.69) is 0 Å². The van der Waals surface area contributed by atoms with Crippen LogP contribution in [0.5, 0.6) is 0 Å². The summed E-state index contributed by atoms with van der Waals surface area (Å²) in [5.74, 6) is -1.78. The van der Waals surface area contributed by atoms with Crippen LogP contribution in [-0.4, -0.2) is 40.1 Å². The van der Waals surface area contributed by atoms with Crippen molar-refractivity contribution in [3.8, 4) is 0 Å². The Balaban J connectivity index is 1.99. The molecule has 0 aromatic carbocycles. The van der Waals surface area contributed by atoms with Gasteiger partial charge in [0.15, 0.2) is 0 Å². The summed E-state index contributed by atoms with van der Waals surface area (Å²) < 4.78 is 36.8. The standard InChI is InChI=1S/C12H16F3NO3/c13-12(14,15)6-10(17)16-8-1-2-9(16)4-7(3-8)5-11(18)19/h7-9H,1-6H2,(H,18,19). The van der Waals surface area contributed by atoms with E-state index in [9.17, 15) is 22.8 Å². The molecule has 2 rings (SSSR count). The molecule has 2 unspecified atom stereocenters. The maximum atomic E-state index is 12.3. The van der Waals surface area contributed by atoms with E-state index < -0.39 is 24.5 Å². The lowest BCUT2D eigenvalue weighted by Crippen LogP contribution is -2.47. The first kappa shape index (κ1) is 14.1. The van der Waals surface area contributed by atoms with Gasteiger partial charge in [-0.15, -0.1) is 0 Å². The molecule has 2 atom stereocenters. The number of aliphatic carboxylic acids is 1. The van der Waals surface area contributed by atoms with E-state index in [4.69, 9.17) is 5.11 Å². The molecule has 2 fully saturated rings. The first-order chi connectivity index (χ1) is 8.76. The molecule has 108 valence electrons. The summed E-state index contributed by atoms with van der Waals surface area (Å²) in [5, 5.41) is 8.76. The minimum atomic E-state index is -4.48. The molecule has 2 heterocycles. The van der Waals surface area contributed by atoms with Crippen molar-refractivity contribution < 1.29 is 27.9 Å². The van der Waals surface area contributed by atoms with Crippen LogP contribution < -0.4 is 0 Å². The van der Waals surface area contributed by atoms with Gasteiger partial charge in [-0.05, 0) is 31.6 Å². The van der Waals surface area contributed by atoms with Gasteiger partial charge in [-0.1, -0.05) is 0 Å². The van der Waals surface area contributed by atoms with Gasteiger partial charge in [0.1, 0.15) is 6.42 Å². The quantitative estimate of drug-likeness (QED) is 0.861. The zero-order valence-corrected chi connectivity index (χ0v) is 10.3. The number of hydrogen-bond donors (Lipinski definition) is 1. The zero-order chi connectivity index (χ0) is 14.2. The highest BCUT2D eigenvalue weighted by Crippen LogP contribution is 2.41. The van der Waals surface area contributed by atoms with Crippen LogP contribution in [0, 0.1) is 5.92 Å². The number of hydrogen-bond acceptors (Lipinski definition) is 2. The lowest BCUT2D eigenvalue weighted by Gasteiger charge is -2.38. The Hall–Kier alpha value is -1.27. The molecule has 19 heavy (non-hydrogen) atoms. The van der Waals surface area contributed by atoms with Gasteiger partial charge in [0.25, 0.3) is 0 Å². The third kappa shape index (κ3) is 3.39. The number of carbonyl (C=O) groups excluding carboxylic acids is 1. The highest BCUT2D eigenvalue weighted by atomic mass is 19.4. The summed E-state index contributed by atoms with van der Waals surface area (Å²) in [6.07, 6.45) is -3.47. The molecule has 7 heteroatoms. The van der Waals surface area contributed by atoms with Gasteiger partial charge in [0, 0.05) is 18.5 Å². The van der Waals surface area contributed by atoms with E-state index in [1.54, 1.807) is 0 Å². The van der Waals surface area contributed by atoms with Crippen molar-refractivity contribution in [2.45, 2.75) is 56.8 Å². The maximum absolute atomic E-state index is 12.3. The van der Waals surface area contributed by atoms with Gasteiger partial charge < -0.3 is 10.0 Å². The van der Waals surface area contributed by atoms with Crippen molar-refractivity contribution in [1.29, 1.82) is 0 Å². The molecule has 0 spiro atoms. The number of carboxylic acids is 1. The van der Waals surface area contributed by atoms with Crippen LogP contribution in [0.1, 0.15) is 38.5 Å². The molecule has 0 radical (unpaired) electrons. The normalized spacial score (nSPS) is 30.5. The molecule has 0 aliphatic carbocycles. The van der Waals surface area contributed by atoms with Crippen LogP contribution in [0.3, 0.4) is 0 Å². The number of halogens is 3. The average molecular weight is 279 g/mol. The van der Waals surface area contributed by atoms with E-state index in [0.717, 1.165) is 0 Å². The summed E-state index contributed by atoms with van der Waals surface area (Å²) in [6.45, 7) is 0. The van der Waals surface area contributed by atoms with Gasteiger partial charge in [0.2, 0.25) is 5.91 Å². The molecule has 2 bridgehead atoms. The Labute approximate surface area is 108 Å². The van der Waals surface area contributed by atoms with Crippen LogP contribution in [-0.2, 0) is 9.59 Å². The van der Waals surface area contributed by atoms with Gasteiger partial charge in [-0.3, -0.25) is 9.59 Å². The lowest BCUT2D eigenvalue weighted by molar-refractivity contribution is -0.165. The Morgan fingerprint density at radius 2 is 1.68 bits per heavy atom. The molecule has 1 N–H and O–H groups in total. The molecular formula is C12H16F3NO3. The molecule has 0 saturated carbocycles. The fraction of sp³-hybridized carbons (Fsp3) is 0.833. The van der Waals surface area contributed by atoms with E-state index in [-0.39, 0.29) is 24.4 Å². The zero-order valence-electron chi connectivity index (χ0n) is 10.3. The Morgan fingerprint density at radius 3 is 2.11 bits per heavy atom. The molecule has 2 aliphatic rings. The highest BCUT2D eigenvalue weighted by molar-refractivity contribution is 5.78. The Bertz CT molecular complexity index is 369. The second-order valence-corrected chi connectivity index (χ2v) is 5.41. The molecule has 1 amide bonds. The number of nitrogens with zero attached hydrogens (tertiary/aromatic N) is 1. The van der Waals surface area contributed by atoms with E-state index in [0.29, 0.717) is 25.7 Å². The van der Waals surface area contributed by atoms with Crippen molar-refractivity contribution in [3.63, 3.8) is 0 Å². The van der Waals surface area contributed by atoms with Crippen molar-refractivity contribution >= 4 is 11.9 Å². The summed E-state index contributed by atoms with van der Waals surface area (Å²) in [4.78, 5) is 23.7. The number of amides is 1. The van der Waals surface area contributed by atoms with Gasteiger partial charge in [-0.2, -0.15) is 13.2 Å². The third-order valence-electron chi connectivity index (χ3n) is 3.93. The second-order valence-electron chi connectivity index (χ2n) is 5.41. The summed E-state index contributed by atoms with van der Waals surface area (Å²) in [6, 6.07) is -0.420. The first-order valence-corrected chi connectivity index (χ1v) is 6.36. The average Bonchev–Trinajstić information content (AvgIpc) is 2.47. The minimum absolute atomic E-state index is 0.0232. The molecule has 0 aromatic heterocycles. The largest absolute Gasteiger partial charge is 0.481 e. The number of carboxylic acid groups (broad SMARTS) is 1. The van der Waals surface area contributed by atoms with Crippen LogP contribution in [0.4, 0.5) is 13.2 Å². The SMILES string of the molecule is O=C(O)CC1CC2CCC(C1)N2C(=O)CC(F)(F)F. The van der Waals surface area contributed by atoms with Crippen LogP contribution in [0.25, 0.3) is 0 Å². The molecule has 4 nitrogen and oxygen atoms in total. The minimum Gasteiger partial charge on any atom is -0.481 e. The third-order valence-corrected chi connectivity index (χ3v) is 3.93. The number of alkyl halides is 3. The van der Waals surface area contributed by atoms with Crippen molar-refractivity contribution in [3.05, 3.63) is 0 Å². The topological polar surface area (TPSA) is 57.6 Å². The summed E-state index contributed by atoms with van der Waals surface area (Å²) in [7, 11) is 0. The van der Waals surface area contributed by atoms with Crippen molar-refractivity contribution in [2.75, 3.05) is 0 Å². The number of rotatable bonds is 3. The smallest absolute Gasteiger partial charge is 0.397 e. The summed E-state index contributed by atoms with van der Waals surface area (Å²) in [5.41, 5.74) is 0. The van der Waals surface area contributed by atoms with E-state index in [1.165, 1.54) is 4.90 Å². The van der Waals surface area contributed by atoms with Crippen LogP contribution >= 0.6 is 0 Å². The first-order valence-electron chi connectivity index (χ1n) is 6.36. The molecular weight excluding hydrogens is 263 g/mol. The molecule has 0 aromatic rings. The van der Waals surface area contributed by atoms with Gasteiger partial charge in [-0.25, -0.2) is 0 Å². The van der Waals surface area contributed by atoms with E-state index >= 15 is 0 Å². The second kappa shape index (κ2) is 5.02. The number of carbonyl (C=O) groups is 2. The molecule has 2 saturated heterocycles. The monoisotopic (exact) mass is 279 g/mol.